The van der Waals surface area contributed by atoms with Crippen molar-refractivity contribution >= 4 is 42.2 Å². The number of pyridine rings is 1. The summed E-state index contributed by atoms with van der Waals surface area (Å²) in [7, 11) is 3.93. The Morgan fingerprint density at radius 2 is 2.19 bits per heavy atom. The van der Waals surface area contributed by atoms with Gasteiger partial charge in [-0.2, -0.15) is 0 Å². The summed E-state index contributed by atoms with van der Waals surface area (Å²) in [6.45, 7) is 2.13. The molecule has 5 nitrogen and oxygen atoms in total. The summed E-state index contributed by atoms with van der Waals surface area (Å²) in [4.78, 5) is 18.0. The molecule has 1 aromatic heterocycles. The van der Waals surface area contributed by atoms with Crippen LogP contribution in [0.2, 0.25) is 0 Å². The van der Waals surface area contributed by atoms with Gasteiger partial charge in [0.25, 0.3) is 0 Å². The number of anilines is 2. The summed E-state index contributed by atoms with van der Waals surface area (Å²) in [6.07, 6.45) is 4.47. The Kier molecular flexibility index (Phi) is 9.33. The van der Waals surface area contributed by atoms with Gasteiger partial charge in [0.1, 0.15) is 5.82 Å². The van der Waals surface area contributed by atoms with Crippen molar-refractivity contribution in [2.75, 3.05) is 37.4 Å². The second-order valence-electron chi connectivity index (χ2n) is 5.24. The third-order valence-corrected chi connectivity index (χ3v) is 3.47. The summed E-state index contributed by atoms with van der Waals surface area (Å²) in [6, 6.07) is 3.79. The number of amides is 1. The number of carbonyl (C=O) groups excluding carboxylic acids is 1. The van der Waals surface area contributed by atoms with Crippen molar-refractivity contribution in [2.45, 2.75) is 19.3 Å². The van der Waals surface area contributed by atoms with Crippen LogP contribution in [0.25, 0.3) is 0 Å². The Labute approximate surface area is 138 Å². The number of aromatic nitrogens is 1. The zero-order valence-corrected chi connectivity index (χ0v) is 14.1. The predicted molar refractivity (Wildman–Crippen MR) is 91.9 cm³/mol. The van der Waals surface area contributed by atoms with E-state index in [9.17, 15) is 4.79 Å². The van der Waals surface area contributed by atoms with Gasteiger partial charge >= 0.3 is 0 Å². The lowest BCUT2D eigenvalue weighted by Gasteiger charge is -2.12. The first kappa shape index (κ1) is 20.0. The molecule has 21 heavy (non-hydrogen) atoms. The van der Waals surface area contributed by atoms with Crippen LogP contribution < -0.4 is 15.5 Å². The molecule has 7 heteroatoms. The van der Waals surface area contributed by atoms with Crippen LogP contribution >= 0.6 is 24.8 Å². The number of hydrogen-bond donors (Lipinski definition) is 2. The van der Waals surface area contributed by atoms with Crippen LogP contribution in [0.4, 0.5) is 11.5 Å². The lowest BCUT2D eigenvalue weighted by molar-refractivity contribution is -0.116. The number of halogens is 2. The molecule has 1 atom stereocenters. The van der Waals surface area contributed by atoms with Crippen molar-refractivity contribution in [3.63, 3.8) is 0 Å². The Balaban J connectivity index is 0.00000200. The third-order valence-electron chi connectivity index (χ3n) is 3.47. The van der Waals surface area contributed by atoms with Crippen LogP contribution in [0.5, 0.6) is 0 Å². The van der Waals surface area contributed by atoms with Crippen LogP contribution in [0.3, 0.4) is 0 Å². The minimum atomic E-state index is 0. The molecule has 0 aliphatic carbocycles. The van der Waals surface area contributed by atoms with Gasteiger partial charge in [-0.25, -0.2) is 4.98 Å². The predicted octanol–water partition coefficient (Wildman–Crippen LogP) is 2.32. The lowest BCUT2D eigenvalue weighted by atomic mass is 10.0. The van der Waals surface area contributed by atoms with Gasteiger partial charge in [-0.3, -0.25) is 4.79 Å². The van der Waals surface area contributed by atoms with Crippen molar-refractivity contribution < 1.29 is 4.79 Å². The van der Waals surface area contributed by atoms with Crippen molar-refractivity contribution in [3.8, 4) is 0 Å². The number of nitrogens with zero attached hydrogens (tertiary/aromatic N) is 2. The van der Waals surface area contributed by atoms with Gasteiger partial charge in [0.2, 0.25) is 5.91 Å². The summed E-state index contributed by atoms with van der Waals surface area (Å²) in [5, 5.41) is 6.16. The first-order chi connectivity index (χ1) is 9.15. The minimum Gasteiger partial charge on any atom is -0.376 e. The quantitative estimate of drug-likeness (QED) is 0.867. The molecule has 1 fully saturated rings. The SMILES string of the molecule is CN(C)c1ccc(NC(=O)CCC2CCNC2)nc1.Cl.Cl. The molecule has 0 aromatic carbocycles. The fourth-order valence-electron chi connectivity index (χ4n) is 2.23. The molecular formula is C14H24Cl2N4O. The molecule has 1 unspecified atom stereocenters. The van der Waals surface area contributed by atoms with Crippen molar-refractivity contribution in [1.82, 2.24) is 10.3 Å². The number of hydrogen-bond acceptors (Lipinski definition) is 4. The van der Waals surface area contributed by atoms with Crippen LogP contribution in [-0.2, 0) is 4.79 Å². The topological polar surface area (TPSA) is 57.3 Å². The molecule has 1 aliphatic heterocycles. The number of nitrogens with one attached hydrogen (secondary N) is 2. The average molecular weight is 335 g/mol. The monoisotopic (exact) mass is 334 g/mol. The number of carbonyl (C=O) groups is 1. The highest BCUT2D eigenvalue weighted by Gasteiger charge is 2.15. The third kappa shape index (κ3) is 6.50. The molecule has 0 saturated carbocycles. The molecule has 120 valence electrons. The zero-order chi connectivity index (χ0) is 13.7. The highest BCUT2D eigenvalue weighted by Crippen LogP contribution is 2.16. The maximum Gasteiger partial charge on any atom is 0.225 e. The van der Waals surface area contributed by atoms with Crippen molar-refractivity contribution in [3.05, 3.63) is 18.3 Å². The highest BCUT2D eigenvalue weighted by atomic mass is 35.5. The van der Waals surface area contributed by atoms with Gasteiger partial charge in [-0.15, -0.1) is 24.8 Å². The maximum atomic E-state index is 11.8. The number of rotatable bonds is 5. The summed E-state index contributed by atoms with van der Waals surface area (Å²) in [5.41, 5.74) is 1.02. The minimum absolute atomic E-state index is 0. The first-order valence-corrected chi connectivity index (χ1v) is 6.79. The standard InChI is InChI=1S/C14H22N4O.2ClH/c1-18(2)12-4-5-13(16-10-12)17-14(19)6-3-11-7-8-15-9-11;;/h4-5,10-11,15H,3,6-9H2,1-2H3,(H,16,17,19);2*1H. The van der Waals surface area contributed by atoms with E-state index >= 15 is 0 Å². The highest BCUT2D eigenvalue weighted by molar-refractivity contribution is 5.89. The van der Waals surface area contributed by atoms with E-state index in [0.717, 1.165) is 25.2 Å². The molecule has 0 radical (unpaired) electrons. The molecule has 0 spiro atoms. The molecule has 1 amide bonds. The summed E-state index contributed by atoms with van der Waals surface area (Å²) in [5.74, 6) is 1.33. The molecule has 1 saturated heterocycles. The van der Waals surface area contributed by atoms with Gasteiger partial charge in [0.15, 0.2) is 0 Å². The Bertz CT molecular complexity index is 419. The van der Waals surface area contributed by atoms with Gasteiger partial charge in [-0.1, -0.05) is 0 Å². The zero-order valence-electron chi connectivity index (χ0n) is 12.5. The van der Waals surface area contributed by atoms with E-state index in [1.165, 1.54) is 6.42 Å². The lowest BCUT2D eigenvalue weighted by Crippen LogP contribution is -2.16. The summed E-state index contributed by atoms with van der Waals surface area (Å²) >= 11 is 0. The molecule has 1 aliphatic rings. The summed E-state index contributed by atoms with van der Waals surface area (Å²) < 4.78 is 0. The van der Waals surface area contributed by atoms with Crippen LogP contribution in [0, 0.1) is 5.92 Å². The van der Waals surface area contributed by atoms with Gasteiger partial charge in [-0.05, 0) is 44.0 Å². The molecule has 2 N–H and O–H groups in total. The second-order valence-corrected chi connectivity index (χ2v) is 5.24. The van der Waals surface area contributed by atoms with E-state index < -0.39 is 0 Å². The maximum absolute atomic E-state index is 11.8. The molecule has 2 rings (SSSR count). The van der Waals surface area contributed by atoms with Crippen molar-refractivity contribution in [2.24, 2.45) is 5.92 Å². The van der Waals surface area contributed by atoms with Gasteiger partial charge in [0.05, 0.1) is 11.9 Å². The van der Waals surface area contributed by atoms with E-state index in [0.29, 0.717) is 18.2 Å². The Hall–Kier alpha value is -1.04. The van der Waals surface area contributed by atoms with Crippen LogP contribution in [-0.4, -0.2) is 38.1 Å². The van der Waals surface area contributed by atoms with E-state index in [1.807, 2.05) is 31.1 Å². The fourth-order valence-corrected chi connectivity index (χ4v) is 2.23. The van der Waals surface area contributed by atoms with E-state index in [2.05, 4.69) is 15.6 Å². The fraction of sp³-hybridized carbons (Fsp3) is 0.571. The van der Waals surface area contributed by atoms with Crippen LogP contribution in [0.1, 0.15) is 19.3 Å². The second kappa shape index (κ2) is 9.82. The Morgan fingerprint density at radius 1 is 1.43 bits per heavy atom. The molecule has 1 aromatic rings. The average Bonchev–Trinajstić information content (AvgIpc) is 2.90. The Morgan fingerprint density at radius 3 is 2.71 bits per heavy atom. The van der Waals surface area contributed by atoms with E-state index in [4.69, 9.17) is 0 Å². The molecular weight excluding hydrogens is 311 g/mol. The van der Waals surface area contributed by atoms with Gasteiger partial charge in [0, 0.05) is 20.5 Å². The molecule has 0 bridgehead atoms. The molecule has 2 heterocycles. The largest absolute Gasteiger partial charge is 0.376 e. The first-order valence-electron chi connectivity index (χ1n) is 6.79. The normalized spacial score (nSPS) is 16.6. The smallest absolute Gasteiger partial charge is 0.225 e. The van der Waals surface area contributed by atoms with Crippen LogP contribution in [0.15, 0.2) is 18.3 Å². The van der Waals surface area contributed by atoms with Gasteiger partial charge < -0.3 is 15.5 Å². The van der Waals surface area contributed by atoms with Crippen molar-refractivity contribution in [1.29, 1.82) is 0 Å². The van der Waals surface area contributed by atoms with E-state index in [-0.39, 0.29) is 30.7 Å². The van der Waals surface area contributed by atoms with E-state index in [1.54, 1.807) is 6.20 Å².